The zero-order valence-electron chi connectivity index (χ0n) is 19.4. The average Bonchev–Trinajstić information content (AvgIpc) is 2.84. The Morgan fingerprint density at radius 2 is 1.45 bits per heavy atom. The SMILES string of the molecule is CCCC1CCC(C2(CCc3ccc(-c4ccc(C#N)cc4)cc3)CCCCC2)CC1. The van der Waals surface area contributed by atoms with Gasteiger partial charge in [-0.2, -0.15) is 5.26 Å². The highest BCUT2D eigenvalue weighted by Gasteiger charge is 2.40. The molecular weight excluding hydrogens is 374 g/mol. The van der Waals surface area contributed by atoms with Crippen molar-refractivity contribution in [3.8, 4) is 17.2 Å². The highest BCUT2D eigenvalue weighted by molar-refractivity contribution is 5.64. The third kappa shape index (κ3) is 5.41. The molecule has 0 aromatic heterocycles. The molecule has 1 heteroatoms. The molecule has 0 heterocycles. The zero-order chi connectivity index (χ0) is 21.5. The lowest BCUT2D eigenvalue weighted by atomic mass is 9.58. The molecule has 0 amide bonds. The smallest absolute Gasteiger partial charge is 0.0991 e. The monoisotopic (exact) mass is 413 g/mol. The Morgan fingerprint density at radius 1 is 0.839 bits per heavy atom. The maximum absolute atomic E-state index is 9.00. The number of nitriles is 1. The summed E-state index contributed by atoms with van der Waals surface area (Å²) in [5, 5.41) is 9.00. The number of aryl methyl sites for hydroxylation is 1. The van der Waals surface area contributed by atoms with Crippen molar-refractivity contribution in [1.29, 1.82) is 5.26 Å². The minimum Gasteiger partial charge on any atom is -0.192 e. The lowest BCUT2D eigenvalue weighted by molar-refractivity contribution is 0.0454. The first kappa shape index (κ1) is 22.1. The summed E-state index contributed by atoms with van der Waals surface area (Å²) >= 11 is 0. The largest absolute Gasteiger partial charge is 0.192 e. The summed E-state index contributed by atoms with van der Waals surface area (Å²) in [6.07, 6.45) is 18.7. The fourth-order valence-corrected chi connectivity index (χ4v) is 6.58. The molecule has 0 saturated heterocycles. The number of nitrogens with zero attached hydrogens (tertiary/aromatic N) is 1. The molecule has 31 heavy (non-hydrogen) atoms. The van der Waals surface area contributed by atoms with Gasteiger partial charge in [-0.05, 0) is 84.6 Å². The van der Waals surface area contributed by atoms with Crippen LogP contribution in [0, 0.1) is 28.6 Å². The topological polar surface area (TPSA) is 23.8 Å². The second kappa shape index (κ2) is 10.5. The maximum atomic E-state index is 9.00. The summed E-state index contributed by atoms with van der Waals surface area (Å²) in [6, 6.07) is 19.3. The summed E-state index contributed by atoms with van der Waals surface area (Å²) in [6.45, 7) is 2.35. The lowest BCUT2D eigenvalue weighted by Crippen LogP contribution is -2.36. The van der Waals surface area contributed by atoms with E-state index in [9.17, 15) is 0 Å². The van der Waals surface area contributed by atoms with E-state index in [1.54, 1.807) is 0 Å². The number of rotatable bonds is 7. The minimum absolute atomic E-state index is 0.612. The molecule has 2 aliphatic carbocycles. The first-order valence-corrected chi connectivity index (χ1v) is 12.8. The van der Waals surface area contributed by atoms with Crippen LogP contribution in [0.4, 0.5) is 0 Å². The zero-order valence-corrected chi connectivity index (χ0v) is 19.4. The van der Waals surface area contributed by atoms with Crippen molar-refractivity contribution in [3.63, 3.8) is 0 Å². The lowest BCUT2D eigenvalue weighted by Gasteiger charge is -2.47. The van der Waals surface area contributed by atoms with Gasteiger partial charge in [0.2, 0.25) is 0 Å². The van der Waals surface area contributed by atoms with Gasteiger partial charge in [-0.25, -0.2) is 0 Å². The fourth-order valence-electron chi connectivity index (χ4n) is 6.58. The van der Waals surface area contributed by atoms with Gasteiger partial charge in [-0.15, -0.1) is 0 Å². The summed E-state index contributed by atoms with van der Waals surface area (Å²) < 4.78 is 0. The normalized spacial score (nSPS) is 23.2. The number of benzene rings is 2. The molecule has 2 aliphatic rings. The Kier molecular flexibility index (Phi) is 7.49. The van der Waals surface area contributed by atoms with E-state index in [2.05, 4.69) is 49.4 Å². The molecule has 1 nitrogen and oxygen atoms in total. The van der Waals surface area contributed by atoms with E-state index >= 15 is 0 Å². The Morgan fingerprint density at radius 3 is 2.03 bits per heavy atom. The molecule has 0 unspecified atom stereocenters. The molecule has 0 bridgehead atoms. The Balaban J connectivity index is 1.40. The van der Waals surface area contributed by atoms with Crippen LogP contribution < -0.4 is 0 Å². The molecule has 2 aromatic rings. The first-order chi connectivity index (χ1) is 15.2. The molecule has 2 fully saturated rings. The second-order valence-corrected chi connectivity index (χ2v) is 10.3. The summed E-state index contributed by atoms with van der Waals surface area (Å²) in [7, 11) is 0. The van der Waals surface area contributed by atoms with E-state index < -0.39 is 0 Å². The Hall–Kier alpha value is -2.07. The molecular formula is C30H39N. The maximum Gasteiger partial charge on any atom is 0.0991 e. The predicted octanol–water partition coefficient (Wildman–Crippen LogP) is 8.71. The van der Waals surface area contributed by atoms with E-state index in [4.69, 9.17) is 5.26 Å². The van der Waals surface area contributed by atoms with Crippen LogP contribution in [-0.2, 0) is 6.42 Å². The van der Waals surface area contributed by atoms with Crippen LogP contribution in [0.25, 0.3) is 11.1 Å². The molecule has 0 spiro atoms. The van der Waals surface area contributed by atoms with Crippen molar-refractivity contribution in [3.05, 3.63) is 59.7 Å². The predicted molar refractivity (Wildman–Crippen MR) is 131 cm³/mol. The molecule has 4 rings (SSSR count). The van der Waals surface area contributed by atoms with Crippen LogP contribution in [0.2, 0.25) is 0 Å². The Bertz CT molecular complexity index is 841. The van der Waals surface area contributed by atoms with Crippen LogP contribution in [0.15, 0.2) is 48.5 Å². The molecule has 0 radical (unpaired) electrons. The molecule has 2 saturated carbocycles. The third-order valence-electron chi connectivity index (χ3n) is 8.47. The van der Waals surface area contributed by atoms with Crippen molar-refractivity contribution in [1.82, 2.24) is 0 Å². The molecule has 0 aliphatic heterocycles. The van der Waals surface area contributed by atoms with Gasteiger partial charge in [0.25, 0.3) is 0 Å². The van der Waals surface area contributed by atoms with E-state index in [0.29, 0.717) is 5.41 Å². The van der Waals surface area contributed by atoms with Gasteiger partial charge in [-0.1, -0.05) is 88.3 Å². The van der Waals surface area contributed by atoms with Gasteiger partial charge in [0.1, 0.15) is 0 Å². The molecule has 0 atom stereocenters. The van der Waals surface area contributed by atoms with Crippen LogP contribution in [0.3, 0.4) is 0 Å². The molecule has 0 N–H and O–H groups in total. The van der Waals surface area contributed by atoms with E-state index in [1.165, 1.54) is 100 Å². The highest BCUT2D eigenvalue weighted by atomic mass is 14.5. The summed E-state index contributed by atoms with van der Waals surface area (Å²) in [4.78, 5) is 0. The number of hydrogen-bond acceptors (Lipinski definition) is 1. The highest BCUT2D eigenvalue weighted by Crippen LogP contribution is 2.52. The summed E-state index contributed by atoms with van der Waals surface area (Å²) in [5.74, 6) is 1.98. The van der Waals surface area contributed by atoms with E-state index in [-0.39, 0.29) is 0 Å². The molecule has 2 aromatic carbocycles. The van der Waals surface area contributed by atoms with Gasteiger partial charge in [0.15, 0.2) is 0 Å². The summed E-state index contributed by atoms with van der Waals surface area (Å²) in [5.41, 5.74) is 5.26. The second-order valence-electron chi connectivity index (χ2n) is 10.3. The fraction of sp³-hybridized carbons (Fsp3) is 0.567. The first-order valence-electron chi connectivity index (χ1n) is 12.8. The minimum atomic E-state index is 0.612. The van der Waals surface area contributed by atoms with Crippen molar-refractivity contribution in [2.75, 3.05) is 0 Å². The van der Waals surface area contributed by atoms with Gasteiger partial charge in [0.05, 0.1) is 11.6 Å². The van der Waals surface area contributed by atoms with Crippen molar-refractivity contribution >= 4 is 0 Å². The standard InChI is InChI=1S/C30H39N/c1-2-6-24-11-17-29(18-12-24)30(20-4-3-5-21-30)22-19-25-7-13-27(14-8-25)28-15-9-26(23-31)10-16-28/h7-10,13-16,24,29H,2-6,11-12,17-22H2,1H3. The third-order valence-corrected chi connectivity index (χ3v) is 8.47. The van der Waals surface area contributed by atoms with Gasteiger partial charge < -0.3 is 0 Å². The van der Waals surface area contributed by atoms with Crippen molar-refractivity contribution in [2.24, 2.45) is 17.3 Å². The van der Waals surface area contributed by atoms with Crippen molar-refractivity contribution in [2.45, 2.75) is 90.4 Å². The van der Waals surface area contributed by atoms with Crippen LogP contribution in [0.1, 0.15) is 95.1 Å². The van der Waals surface area contributed by atoms with Crippen molar-refractivity contribution < 1.29 is 0 Å². The van der Waals surface area contributed by atoms with Gasteiger partial charge in [-0.3, -0.25) is 0 Å². The average molecular weight is 414 g/mol. The quantitative estimate of drug-likeness (QED) is 0.445. The van der Waals surface area contributed by atoms with Gasteiger partial charge >= 0.3 is 0 Å². The molecule has 164 valence electrons. The van der Waals surface area contributed by atoms with Crippen LogP contribution >= 0.6 is 0 Å². The van der Waals surface area contributed by atoms with Crippen LogP contribution in [0.5, 0.6) is 0 Å². The Labute approximate surface area is 189 Å². The van der Waals surface area contributed by atoms with E-state index in [1.807, 2.05) is 12.1 Å². The van der Waals surface area contributed by atoms with Gasteiger partial charge in [0, 0.05) is 0 Å². The van der Waals surface area contributed by atoms with Crippen LogP contribution in [-0.4, -0.2) is 0 Å². The van der Waals surface area contributed by atoms with E-state index in [0.717, 1.165) is 17.4 Å². The number of hydrogen-bond donors (Lipinski definition) is 0.